The number of hydrogen-bond acceptors (Lipinski definition) is 3. The number of fused-ring (bicyclic) bond motifs is 1. The van der Waals surface area contributed by atoms with Crippen LogP contribution in [0.1, 0.15) is 43.5 Å². The van der Waals surface area contributed by atoms with Crippen LogP contribution in [0.4, 0.5) is 10.1 Å². The second kappa shape index (κ2) is 4.02. The number of ether oxygens (including phenoxy) is 1. The minimum atomic E-state index is -0.501. The van der Waals surface area contributed by atoms with Gasteiger partial charge in [-0.05, 0) is 18.9 Å². The molecule has 1 aromatic rings. The molecule has 1 heterocycles. The summed E-state index contributed by atoms with van der Waals surface area (Å²) in [4.78, 5) is 12.0. The summed E-state index contributed by atoms with van der Waals surface area (Å²) in [6.07, 6.45) is 1.74. The van der Waals surface area contributed by atoms with Crippen molar-refractivity contribution >= 4 is 11.5 Å². The van der Waals surface area contributed by atoms with Crippen LogP contribution in [0.15, 0.2) is 12.1 Å². The Hall–Kier alpha value is -1.58. The summed E-state index contributed by atoms with van der Waals surface area (Å²) in [6.45, 7) is 3.95. The van der Waals surface area contributed by atoms with E-state index in [2.05, 4.69) is 0 Å². The number of ketones is 1. The lowest BCUT2D eigenvalue weighted by Crippen LogP contribution is -2.41. The number of rotatable bonds is 2. The summed E-state index contributed by atoms with van der Waals surface area (Å²) in [6, 6.07) is 2.39. The molecule has 1 aliphatic rings. The molecule has 17 heavy (non-hydrogen) atoms. The fourth-order valence-corrected chi connectivity index (χ4v) is 2.22. The molecule has 92 valence electrons. The molecule has 0 atom stereocenters. The highest BCUT2D eigenvalue weighted by Gasteiger charge is 2.38. The van der Waals surface area contributed by atoms with Crippen LogP contribution in [0, 0.1) is 5.82 Å². The summed E-state index contributed by atoms with van der Waals surface area (Å²) < 4.78 is 19.1. The Morgan fingerprint density at radius 3 is 2.65 bits per heavy atom. The predicted octanol–water partition coefficient (Wildman–Crippen LogP) is 2.93. The van der Waals surface area contributed by atoms with Gasteiger partial charge in [-0.2, -0.15) is 0 Å². The van der Waals surface area contributed by atoms with Crippen LogP contribution in [0.3, 0.4) is 0 Å². The van der Waals surface area contributed by atoms with Gasteiger partial charge in [-0.25, -0.2) is 4.39 Å². The fraction of sp³-hybridized carbons (Fsp3) is 0.462. The van der Waals surface area contributed by atoms with Gasteiger partial charge in [0.2, 0.25) is 0 Å². The number of carbonyl (C=O) groups is 1. The third kappa shape index (κ3) is 1.88. The van der Waals surface area contributed by atoms with Gasteiger partial charge in [0.25, 0.3) is 0 Å². The number of nitrogen functional groups attached to an aromatic ring is 1. The highest BCUT2D eigenvalue weighted by molar-refractivity contribution is 6.02. The van der Waals surface area contributed by atoms with E-state index in [9.17, 15) is 9.18 Å². The maximum absolute atomic E-state index is 13.2. The van der Waals surface area contributed by atoms with E-state index in [0.29, 0.717) is 5.75 Å². The Kier molecular flexibility index (Phi) is 2.81. The summed E-state index contributed by atoms with van der Waals surface area (Å²) in [7, 11) is 0. The molecular weight excluding hydrogens is 221 g/mol. The van der Waals surface area contributed by atoms with Crippen molar-refractivity contribution in [1.82, 2.24) is 0 Å². The van der Waals surface area contributed by atoms with Crippen LogP contribution in [0.2, 0.25) is 0 Å². The smallest absolute Gasteiger partial charge is 0.170 e. The van der Waals surface area contributed by atoms with Gasteiger partial charge in [0, 0.05) is 6.07 Å². The first-order valence-electron chi connectivity index (χ1n) is 5.82. The minimum Gasteiger partial charge on any atom is -0.484 e. The van der Waals surface area contributed by atoms with Crippen LogP contribution in [0.5, 0.6) is 5.75 Å². The number of anilines is 1. The highest BCUT2D eigenvalue weighted by Crippen LogP contribution is 2.40. The third-order valence-electron chi connectivity index (χ3n) is 3.47. The molecule has 0 aromatic heterocycles. The molecule has 1 aromatic carbocycles. The SMILES string of the molecule is CCC1(CC)CC(=O)c2cc(F)cc(N)c2O1. The van der Waals surface area contributed by atoms with Gasteiger partial charge in [0.15, 0.2) is 11.5 Å². The Morgan fingerprint density at radius 2 is 2.06 bits per heavy atom. The average molecular weight is 237 g/mol. The van der Waals surface area contributed by atoms with Gasteiger partial charge < -0.3 is 10.5 Å². The van der Waals surface area contributed by atoms with Gasteiger partial charge in [-0.3, -0.25) is 4.79 Å². The molecule has 0 saturated carbocycles. The van der Waals surface area contributed by atoms with Crippen molar-refractivity contribution in [1.29, 1.82) is 0 Å². The Morgan fingerprint density at radius 1 is 1.41 bits per heavy atom. The van der Waals surface area contributed by atoms with Gasteiger partial charge in [0.05, 0.1) is 17.7 Å². The zero-order valence-corrected chi connectivity index (χ0v) is 10.0. The van der Waals surface area contributed by atoms with Gasteiger partial charge in [0.1, 0.15) is 11.4 Å². The first-order chi connectivity index (χ1) is 8.01. The molecule has 0 aliphatic carbocycles. The van der Waals surface area contributed by atoms with Crippen LogP contribution >= 0.6 is 0 Å². The molecule has 0 saturated heterocycles. The summed E-state index contributed by atoms with van der Waals surface area (Å²) in [5.41, 5.74) is 5.69. The van der Waals surface area contributed by atoms with Crippen LogP contribution < -0.4 is 10.5 Å². The molecule has 2 rings (SSSR count). The van der Waals surface area contributed by atoms with E-state index in [1.54, 1.807) is 0 Å². The fourth-order valence-electron chi connectivity index (χ4n) is 2.22. The van der Waals surface area contributed by atoms with Crippen molar-refractivity contribution in [2.75, 3.05) is 5.73 Å². The summed E-state index contributed by atoms with van der Waals surface area (Å²) in [5, 5.41) is 0. The predicted molar refractivity (Wildman–Crippen MR) is 63.7 cm³/mol. The Labute approximate surface area is 99.8 Å². The first kappa shape index (κ1) is 11.9. The normalized spacial score (nSPS) is 17.5. The van der Waals surface area contributed by atoms with Crippen LogP contribution in [-0.4, -0.2) is 11.4 Å². The van der Waals surface area contributed by atoms with Crippen molar-refractivity contribution in [3.8, 4) is 5.75 Å². The standard InChI is InChI=1S/C13H16FNO2/c1-3-13(4-2)7-11(16)9-5-8(14)6-10(15)12(9)17-13/h5-6H,3-4,7,15H2,1-2H3. The second-order valence-electron chi connectivity index (χ2n) is 4.46. The molecule has 0 amide bonds. The molecule has 4 heteroatoms. The molecule has 0 fully saturated rings. The Balaban J connectivity index is 2.53. The first-order valence-corrected chi connectivity index (χ1v) is 5.82. The monoisotopic (exact) mass is 237 g/mol. The summed E-state index contributed by atoms with van der Waals surface area (Å²) in [5.74, 6) is -0.258. The maximum atomic E-state index is 13.2. The lowest BCUT2D eigenvalue weighted by atomic mass is 9.85. The number of benzene rings is 1. The van der Waals surface area contributed by atoms with E-state index in [4.69, 9.17) is 10.5 Å². The molecule has 2 N–H and O–H groups in total. The Bertz CT molecular complexity index is 467. The van der Waals surface area contributed by atoms with Gasteiger partial charge in [-0.1, -0.05) is 13.8 Å². The molecule has 3 nitrogen and oxygen atoms in total. The zero-order chi connectivity index (χ0) is 12.6. The van der Waals surface area contributed by atoms with Gasteiger partial charge >= 0.3 is 0 Å². The van der Waals surface area contributed by atoms with Gasteiger partial charge in [-0.15, -0.1) is 0 Å². The van der Waals surface area contributed by atoms with Crippen molar-refractivity contribution in [2.24, 2.45) is 0 Å². The van der Waals surface area contributed by atoms with Crippen molar-refractivity contribution in [3.63, 3.8) is 0 Å². The topological polar surface area (TPSA) is 52.3 Å². The van der Waals surface area contributed by atoms with Crippen LogP contribution in [-0.2, 0) is 0 Å². The summed E-state index contributed by atoms with van der Waals surface area (Å²) >= 11 is 0. The van der Waals surface area contributed by atoms with E-state index >= 15 is 0 Å². The van der Waals surface area contributed by atoms with Crippen molar-refractivity contribution < 1.29 is 13.9 Å². The largest absolute Gasteiger partial charge is 0.484 e. The van der Waals surface area contributed by atoms with E-state index in [1.807, 2.05) is 13.8 Å². The molecule has 1 aliphatic heterocycles. The lowest BCUT2D eigenvalue weighted by Gasteiger charge is -2.37. The second-order valence-corrected chi connectivity index (χ2v) is 4.46. The lowest BCUT2D eigenvalue weighted by molar-refractivity contribution is 0.0354. The van der Waals surface area contributed by atoms with E-state index < -0.39 is 11.4 Å². The number of carbonyl (C=O) groups excluding carboxylic acids is 1. The molecule has 0 unspecified atom stereocenters. The van der Waals surface area contributed by atoms with Crippen molar-refractivity contribution in [3.05, 3.63) is 23.5 Å². The molecule has 0 radical (unpaired) electrons. The number of hydrogen-bond donors (Lipinski definition) is 1. The number of halogens is 1. The molecular formula is C13H16FNO2. The quantitative estimate of drug-likeness (QED) is 0.804. The maximum Gasteiger partial charge on any atom is 0.170 e. The van der Waals surface area contributed by atoms with E-state index in [1.165, 1.54) is 12.1 Å². The third-order valence-corrected chi connectivity index (χ3v) is 3.47. The average Bonchev–Trinajstić information content (AvgIpc) is 2.30. The van der Waals surface area contributed by atoms with Crippen molar-refractivity contribution in [2.45, 2.75) is 38.7 Å². The van der Waals surface area contributed by atoms with Crippen LogP contribution in [0.25, 0.3) is 0 Å². The van der Waals surface area contributed by atoms with E-state index in [0.717, 1.165) is 12.8 Å². The number of nitrogens with two attached hydrogens (primary N) is 1. The molecule has 0 spiro atoms. The highest BCUT2D eigenvalue weighted by atomic mass is 19.1. The van der Waals surface area contributed by atoms with E-state index in [-0.39, 0.29) is 23.5 Å². The molecule has 0 bridgehead atoms. The minimum absolute atomic E-state index is 0.0962. The number of Topliss-reactive ketones (excluding diaryl/α,β-unsaturated/α-hetero) is 1. The zero-order valence-electron chi connectivity index (χ0n) is 10.0.